The predicted molar refractivity (Wildman–Crippen MR) is 90.9 cm³/mol. The Hall–Kier alpha value is -0.820. The van der Waals surface area contributed by atoms with Gasteiger partial charge in [0.1, 0.15) is 0 Å². The van der Waals surface area contributed by atoms with Crippen molar-refractivity contribution in [2.24, 2.45) is 5.92 Å². The Balaban J connectivity index is 1.71. The minimum absolute atomic E-state index is 0.429. The zero-order valence-electron chi connectivity index (χ0n) is 14.0. The molecule has 0 heterocycles. The van der Waals surface area contributed by atoms with Gasteiger partial charge in [0.15, 0.2) is 0 Å². The van der Waals surface area contributed by atoms with Gasteiger partial charge in [-0.25, -0.2) is 0 Å². The van der Waals surface area contributed by atoms with Gasteiger partial charge in [-0.2, -0.15) is 0 Å². The normalized spacial score (nSPS) is 28.7. The van der Waals surface area contributed by atoms with Gasteiger partial charge in [0.2, 0.25) is 0 Å². The number of benzene rings is 1. The van der Waals surface area contributed by atoms with Crippen molar-refractivity contribution in [2.75, 3.05) is 6.54 Å². The zero-order valence-corrected chi connectivity index (χ0v) is 14.0. The van der Waals surface area contributed by atoms with Crippen molar-refractivity contribution in [1.82, 2.24) is 5.32 Å². The number of hydrogen-bond acceptors (Lipinski definition) is 1. The van der Waals surface area contributed by atoms with Crippen LogP contribution in [0.5, 0.6) is 0 Å². The summed E-state index contributed by atoms with van der Waals surface area (Å²) in [5.41, 5.74) is 3.47. The SMILES string of the molecule is CCCC1CC(CNC2CC2)(c2ccc(C(C)C)cc2)C1. The smallest absolute Gasteiger partial charge is 0.00831 e. The minimum Gasteiger partial charge on any atom is -0.313 e. The molecule has 1 heteroatoms. The molecule has 2 saturated carbocycles. The minimum atomic E-state index is 0.429. The Morgan fingerprint density at radius 1 is 1.14 bits per heavy atom. The summed E-state index contributed by atoms with van der Waals surface area (Å²) in [6, 6.07) is 10.3. The first-order valence-corrected chi connectivity index (χ1v) is 8.97. The van der Waals surface area contributed by atoms with Crippen LogP contribution in [0, 0.1) is 5.92 Å². The standard InChI is InChI=1S/C20H31N/c1-4-5-16-12-20(13-16,14-21-19-10-11-19)18-8-6-17(7-9-18)15(2)3/h6-9,15-16,19,21H,4-5,10-14H2,1-3H3. The van der Waals surface area contributed by atoms with Gasteiger partial charge < -0.3 is 5.32 Å². The third-order valence-electron chi connectivity index (χ3n) is 5.55. The molecule has 2 aliphatic rings. The molecule has 1 aromatic carbocycles. The van der Waals surface area contributed by atoms with Crippen LogP contribution in [0.3, 0.4) is 0 Å². The molecule has 116 valence electrons. The molecule has 0 atom stereocenters. The molecular formula is C20H31N. The van der Waals surface area contributed by atoms with Crippen LogP contribution in [0.15, 0.2) is 24.3 Å². The molecule has 0 radical (unpaired) electrons. The lowest BCUT2D eigenvalue weighted by atomic mass is 9.57. The van der Waals surface area contributed by atoms with Crippen LogP contribution in [-0.2, 0) is 5.41 Å². The van der Waals surface area contributed by atoms with Gasteiger partial charge in [0.25, 0.3) is 0 Å². The van der Waals surface area contributed by atoms with E-state index in [9.17, 15) is 0 Å². The molecule has 0 aliphatic heterocycles. The Morgan fingerprint density at radius 2 is 1.81 bits per heavy atom. The van der Waals surface area contributed by atoms with E-state index in [2.05, 4.69) is 50.4 Å². The van der Waals surface area contributed by atoms with Crippen LogP contribution >= 0.6 is 0 Å². The molecule has 3 rings (SSSR count). The Labute approximate surface area is 130 Å². The molecule has 1 N–H and O–H groups in total. The fourth-order valence-corrected chi connectivity index (χ4v) is 3.99. The van der Waals surface area contributed by atoms with Gasteiger partial charge in [-0.05, 0) is 48.6 Å². The van der Waals surface area contributed by atoms with Crippen LogP contribution in [0.2, 0.25) is 0 Å². The second kappa shape index (κ2) is 6.12. The second-order valence-corrected chi connectivity index (χ2v) is 7.78. The second-order valence-electron chi connectivity index (χ2n) is 7.78. The molecule has 1 nitrogen and oxygen atoms in total. The van der Waals surface area contributed by atoms with Gasteiger partial charge in [-0.1, -0.05) is 57.9 Å². The van der Waals surface area contributed by atoms with E-state index in [1.165, 1.54) is 50.6 Å². The van der Waals surface area contributed by atoms with Crippen LogP contribution in [0.25, 0.3) is 0 Å². The largest absolute Gasteiger partial charge is 0.313 e. The average Bonchev–Trinajstić information content (AvgIpc) is 3.25. The first kappa shape index (κ1) is 15.1. The summed E-state index contributed by atoms with van der Waals surface area (Å²) in [4.78, 5) is 0. The molecule has 2 fully saturated rings. The third-order valence-corrected chi connectivity index (χ3v) is 5.55. The first-order valence-electron chi connectivity index (χ1n) is 8.97. The highest BCUT2D eigenvalue weighted by Crippen LogP contribution is 2.49. The van der Waals surface area contributed by atoms with Gasteiger partial charge in [0.05, 0.1) is 0 Å². The molecule has 0 unspecified atom stereocenters. The lowest BCUT2D eigenvalue weighted by molar-refractivity contribution is 0.128. The monoisotopic (exact) mass is 285 g/mol. The van der Waals surface area contributed by atoms with Gasteiger partial charge >= 0.3 is 0 Å². The van der Waals surface area contributed by atoms with Crippen molar-refractivity contribution < 1.29 is 0 Å². The van der Waals surface area contributed by atoms with E-state index >= 15 is 0 Å². The van der Waals surface area contributed by atoms with E-state index < -0.39 is 0 Å². The fourth-order valence-electron chi connectivity index (χ4n) is 3.99. The molecule has 0 bridgehead atoms. The van der Waals surface area contributed by atoms with Crippen molar-refractivity contribution in [1.29, 1.82) is 0 Å². The number of rotatable bonds is 7. The molecule has 2 aliphatic carbocycles. The van der Waals surface area contributed by atoms with Crippen molar-refractivity contribution >= 4 is 0 Å². The van der Waals surface area contributed by atoms with E-state index in [0.29, 0.717) is 11.3 Å². The summed E-state index contributed by atoms with van der Waals surface area (Å²) >= 11 is 0. The van der Waals surface area contributed by atoms with Gasteiger partial charge in [-0.3, -0.25) is 0 Å². The van der Waals surface area contributed by atoms with Crippen LogP contribution < -0.4 is 5.32 Å². The fraction of sp³-hybridized carbons (Fsp3) is 0.700. The molecule has 0 amide bonds. The van der Waals surface area contributed by atoms with E-state index in [1.807, 2.05) is 0 Å². The maximum Gasteiger partial charge on any atom is 0.00831 e. The van der Waals surface area contributed by atoms with Crippen LogP contribution in [0.4, 0.5) is 0 Å². The van der Waals surface area contributed by atoms with E-state index in [1.54, 1.807) is 5.56 Å². The summed E-state index contributed by atoms with van der Waals surface area (Å²) in [6.07, 6.45) is 8.31. The topological polar surface area (TPSA) is 12.0 Å². The zero-order chi connectivity index (χ0) is 14.9. The Kier molecular flexibility index (Phi) is 4.40. The highest BCUT2D eigenvalue weighted by molar-refractivity contribution is 5.33. The van der Waals surface area contributed by atoms with E-state index in [-0.39, 0.29) is 0 Å². The quantitative estimate of drug-likeness (QED) is 0.742. The van der Waals surface area contributed by atoms with Crippen molar-refractivity contribution in [3.05, 3.63) is 35.4 Å². The first-order chi connectivity index (χ1) is 10.1. The Bertz CT molecular complexity index is 449. The number of nitrogens with one attached hydrogen (secondary N) is 1. The Morgan fingerprint density at radius 3 is 2.33 bits per heavy atom. The maximum atomic E-state index is 3.80. The van der Waals surface area contributed by atoms with Gasteiger partial charge in [0, 0.05) is 18.0 Å². The van der Waals surface area contributed by atoms with Crippen molar-refractivity contribution in [3.8, 4) is 0 Å². The van der Waals surface area contributed by atoms with Crippen molar-refractivity contribution in [3.63, 3.8) is 0 Å². The lowest BCUT2D eigenvalue weighted by Gasteiger charge is -2.49. The summed E-state index contributed by atoms with van der Waals surface area (Å²) < 4.78 is 0. The highest BCUT2D eigenvalue weighted by atomic mass is 15.0. The molecule has 0 saturated heterocycles. The lowest BCUT2D eigenvalue weighted by Crippen LogP contribution is -2.49. The molecule has 0 spiro atoms. The third kappa shape index (κ3) is 3.34. The van der Waals surface area contributed by atoms with Gasteiger partial charge in [-0.15, -0.1) is 0 Å². The molecule has 1 aromatic rings. The molecular weight excluding hydrogens is 254 g/mol. The highest BCUT2D eigenvalue weighted by Gasteiger charge is 2.45. The van der Waals surface area contributed by atoms with Crippen LogP contribution in [0.1, 0.15) is 76.3 Å². The average molecular weight is 285 g/mol. The summed E-state index contributed by atoms with van der Waals surface area (Å²) in [6.45, 7) is 8.07. The maximum absolute atomic E-state index is 3.80. The molecule has 21 heavy (non-hydrogen) atoms. The van der Waals surface area contributed by atoms with Crippen LogP contribution in [-0.4, -0.2) is 12.6 Å². The molecule has 0 aromatic heterocycles. The van der Waals surface area contributed by atoms with E-state index in [4.69, 9.17) is 0 Å². The number of hydrogen-bond donors (Lipinski definition) is 1. The van der Waals surface area contributed by atoms with E-state index in [0.717, 1.165) is 12.0 Å². The summed E-state index contributed by atoms with van der Waals surface area (Å²) in [7, 11) is 0. The summed E-state index contributed by atoms with van der Waals surface area (Å²) in [5, 5.41) is 3.80. The van der Waals surface area contributed by atoms with Crippen molar-refractivity contribution in [2.45, 2.75) is 76.7 Å². The predicted octanol–water partition coefficient (Wildman–Crippen LogP) is 5.01. The summed E-state index contributed by atoms with van der Waals surface area (Å²) in [5.74, 6) is 1.59.